The molecule has 0 amide bonds. The van der Waals surface area contributed by atoms with Gasteiger partial charge in [-0.05, 0) is 36.4 Å². The Morgan fingerprint density at radius 3 is 2.58 bits per heavy atom. The number of carbonyl (C=O) groups is 1. The van der Waals surface area contributed by atoms with Crippen molar-refractivity contribution in [1.82, 2.24) is 9.78 Å². The van der Waals surface area contributed by atoms with Gasteiger partial charge in [0.05, 0.1) is 23.0 Å². The van der Waals surface area contributed by atoms with E-state index in [-0.39, 0.29) is 11.4 Å². The Hall–Kier alpha value is -2.69. The van der Waals surface area contributed by atoms with Gasteiger partial charge in [0.2, 0.25) is 0 Å². The predicted molar refractivity (Wildman–Crippen MR) is 68.0 cm³/mol. The molecule has 1 heterocycles. The number of hydrogen-bond acceptors (Lipinski definition) is 2. The summed E-state index contributed by atoms with van der Waals surface area (Å²) in [5.41, 5.74) is 1.55. The zero-order chi connectivity index (χ0) is 13.4. The quantitative estimate of drug-likeness (QED) is 0.767. The number of rotatable bonds is 2. The van der Waals surface area contributed by atoms with Gasteiger partial charge in [-0.3, -0.25) is 0 Å². The first-order chi connectivity index (χ1) is 9.16. The topological polar surface area (TPSA) is 55.1 Å². The average molecular weight is 256 g/mol. The highest BCUT2D eigenvalue weighted by molar-refractivity contribution is 6.02. The number of aromatic nitrogens is 2. The molecule has 1 N–H and O–H groups in total. The lowest BCUT2D eigenvalue weighted by molar-refractivity contribution is 0.0699. The summed E-state index contributed by atoms with van der Waals surface area (Å²) < 4.78 is 14.5. The van der Waals surface area contributed by atoms with E-state index in [0.29, 0.717) is 16.6 Å². The summed E-state index contributed by atoms with van der Waals surface area (Å²) in [7, 11) is 0. The van der Waals surface area contributed by atoms with Gasteiger partial charge in [0.25, 0.3) is 0 Å². The molecule has 0 atom stereocenters. The van der Waals surface area contributed by atoms with Crippen molar-refractivity contribution >= 4 is 16.9 Å². The molecule has 0 aliphatic carbocycles. The second-order valence-electron chi connectivity index (χ2n) is 4.08. The molecular weight excluding hydrogens is 247 g/mol. The van der Waals surface area contributed by atoms with Crippen LogP contribution in [-0.2, 0) is 0 Å². The molecule has 94 valence electrons. The van der Waals surface area contributed by atoms with Gasteiger partial charge >= 0.3 is 5.97 Å². The number of nitrogens with zero attached hydrogens (tertiary/aromatic N) is 2. The second-order valence-corrected chi connectivity index (χ2v) is 4.08. The Morgan fingerprint density at radius 2 is 1.89 bits per heavy atom. The van der Waals surface area contributed by atoms with Gasteiger partial charge < -0.3 is 5.11 Å². The highest BCUT2D eigenvalue weighted by atomic mass is 19.1. The molecule has 0 spiro atoms. The fourth-order valence-electron chi connectivity index (χ4n) is 2.03. The van der Waals surface area contributed by atoms with Crippen LogP contribution in [0.4, 0.5) is 4.39 Å². The molecule has 3 rings (SSSR count). The summed E-state index contributed by atoms with van der Waals surface area (Å²) in [6, 6.07) is 10.8. The Bertz CT molecular complexity index is 763. The van der Waals surface area contributed by atoms with E-state index in [4.69, 9.17) is 5.11 Å². The normalized spacial score (nSPS) is 10.8. The van der Waals surface area contributed by atoms with Gasteiger partial charge in [-0.2, -0.15) is 5.10 Å². The maximum absolute atomic E-state index is 12.9. The van der Waals surface area contributed by atoms with Crippen molar-refractivity contribution in [3.63, 3.8) is 0 Å². The molecule has 0 radical (unpaired) electrons. The lowest BCUT2D eigenvalue weighted by Gasteiger charge is -2.03. The summed E-state index contributed by atoms with van der Waals surface area (Å²) >= 11 is 0. The summed E-state index contributed by atoms with van der Waals surface area (Å²) in [4.78, 5) is 11.1. The van der Waals surface area contributed by atoms with Crippen LogP contribution >= 0.6 is 0 Å². The maximum Gasteiger partial charge on any atom is 0.336 e. The third kappa shape index (κ3) is 1.85. The maximum atomic E-state index is 12.9. The number of aromatic carboxylic acids is 1. The highest BCUT2D eigenvalue weighted by Crippen LogP contribution is 2.21. The smallest absolute Gasteiger partial charge is 0.336 e. The van der Waals surface area contributed by atoms with Crippen LogP contribution in [-0.4, -0.2) is 20.9 Å². The fourth-order valence-corrected chi connectivity index (χ4v) is 2.03. The van der Waals surface area contributed by atoms with Crippen molar-refractivity contribution in [1.29, 1.82) is 0 Å². The molecule has 0 saturated heterocycles. The SMILES string of the molecule is O=C(O)c1cccc2c1cnn2-c1ccc(F)cc1. The van der Waals surface area contributed by atoms with E-state index in [1.54, 1.807) is 28.9 Å². The molecule has 0 unspecified atom stereocenters. The molecule has 4 nitrogen and oxygen atoms in total. The zero-order valence-corrected chi connectivity index (χ0v) is 9.75. The number of benzene rings is 2. The molecule has 0 aliphatic rings. The zero-order valence-electron chi connectivity index (χ0n) is 9.75. The number of fused-ring (bicyclic) bond motifs is 1. The minimum atomic E-state index is -0.996. The number of carboxylic acids is 1. The molecule has 1 aromatic heterocycles. The minimum Gasteiger partial charge on any atom is -0.478 e. The largest absolute Gasteiger partial charge is 0.478 e. The lowest BCUT2D eigenvalue weighted by atomic mass is 10.1. The molecule has 0 fully saturated rings. The van der Waals surface area contributed by atoms with Crippen molar-refractivity contribution in [2.75, 3.05) is 0 Å². The van der Waals surface area contributed by atoms with Crippen molar-refractivity contribution in [2.24, 2.45) is 0 Å². The third-order valence-corrected chi connectivity index (χ3v) is 2.92. The van der Waals surface area contributed by atoms with Crippen molar-refractivity contribution in [3.8, 4) is 5.69 Å². The molecular formula is C14H9FN2O2. The lowest BCUT2D eigenvalue weighted by Crippen LogP contribution is -1.98. The number of halogens is 1. The fraction of sp³-hybridized carbons (Fsp3) is 0. The van der Waals surface area contributed by atoms with Gasteiger partial charge in [-0.1, -0.05) is 6.07 Å². The van der Waals surface area contributed by atoms with E-state index >= 15 is 0 Å². The molecule has 3 aromatic rings. The van der Waals surface area contributed by atoms with Crippen LogP contribution in [0.1, 0.15) is 10.4 Å². The Kier molecular flexibility index (Phi) is 2.52. The summed E-state index contributed by atoms with van der Waals surface area (Å²) in [5.74, 6) is -1.32. The van der Waals surface area contributed by atoms with Gasteiger partial charge in [0.15, 0.2) is 0 Å². The van der Waals surface area contributed by atoms with E-state index in [1.807, 2.05) is 0 Å². The Balaban J connectivity index is 2.24. The van der Waals surface area contributed by atoms with E-state index < -0.39 is 5.97 Å². The summed E-state index contributed by atoms with van der Waals surface area (Å²) in [5, 5.41) is 13.8. The van der Waals surface area contributed by atoms with Crippen LogP contribution in [0.25, 0.3) is 16.6 Å². The van der Waals surface area contributed by atoms with Crippen LogP contribution in [0.5, 0.6) is 0 Å². The van der Waals surface area contributed by atoms with Crippen LogP contribution in [0.15, 0.2) is 48.7 Å². The second kappa shape index (κ2) is 4.20. The van der Waals surface area contributed by atoms with Crippen molar-refractivity contribution in [2.45, 2.75) is 0 Å². The van der Waals surface area contributed by atoms with E-state index in [1.165, 1.54) is 24.4 Å². The van der Waals surface area contributed by atoms with Gasteiger partial charge in [-0.15, -0.1) is 0 Å². The van der Waals surface area contributed by atoms with E-state index in [2.05, 4.69) is 5.10 Å². The molecule has 2 aromatic carbocycles. The van der Waals surface area contributed by atoms with Crippen LogP contribution in [0.2, 0.25) is 0 Å². The van der Waals surface area contributed by atoms with Gasteiger partial charge in [0.1, 0.15) is 5.82 Å². The Morgan fingerprint density at radius 1 is 1.16 bits per heavy atom. The van der Waals surface area contributed by atoms with Crippen LogP contribution in [0, 0.1) is 5.82 Å². The standard InChI is InChI=1S/C14H9FN2O2/c15-9-4-6-10(7-5-9)17-13-3-1-2-11(14(18)19)12(13)8-16-17/h1-8H,(H,18,19). The summed E-state index contributed by atoms with van der Waals surface area (Å²) in [6.45, 7) is 0. The van der Waals surface area contributed by atoms with E-state index in [9.17, 15) is 9.18 Å². The molecule has 5 heteroatoms. The Labute approximate surface area is 107 Å². The van der Waals surface area contributed by atoms with Gasteiger partial charge in [-0.25, -0.2) is 13.9 Å². The van der Waals surface area contributed by atoms with E-state index in [0.717, 1.165) is 0 Å². The number of hydrogen-bond donors (Lipinski definition) is 1. The predicted octanol–water partition coefficient (Wildman–Crippen LogP) is 2.86. The number of carboxylic acid groups (broad SMARTS) is 1. The molecule has 0 bridgehead atoms. The first-order valence-electron chi connectivity index (χ1n) is 5.63. The van der Waals surface area contributed by atoms with Crippen molar-refractivity contribution in [3.05, 3.63) is 60.0 Å². The molecule has 0 saturated carbocycles. The first-order valence-corrected chi connectivity index (χ1v) is 5.63. The molecule has 19 heavy (non-hydrogen) atoms. The van der Waals surface area contributed by atoms with Crippen LogP contribution < -0.4 is 0 Å². The summed E-state index contributed by atoms with van der Waals surface area (Å²) in [6.07, 6.45) is 1.50. The van der Waals surface area contributed by atoms with Crippen molar-refractivity contribution < 1.29 is 14.3 Å². The highest BCUT2D eigenvalue weighted by Gasteiger charge is 2.12. The first kappa shape index (κ1) is 11.4. The monoisotopic (exact) mass is 256 g/mol. The average Bonchev–Trinajstić information content (AvgIpc) is 2.83. The minimum absolute atomic E-state index is 0.200. The molecule has 0 aliphatic heterocycles. The van der Waals surface area contributed by atoms with Crippen LogP contribution in [0.3, 0.4) is 0 Å². The van der Waals surface area contributed by atoms with Gasteiger partial charge in [0, 0.05) is 5.39 Å². The third-order valence-electron chi connectivity index (χ3n) is 2.92.